The highest BCUT2D eigenvalue weighted by Crippen LogP contribution is 2.24. The summed E-state index contributed by atoms with van der Waals surface area (Å²) in [6, 6.07) is 7.42. The Bertz CT molecular complexity index is 641. The third-order valence-corrected chi connectivity index (χ3v) is 5.39. The van der Waals surface area contributed by atoms with Crippen LogP contribution in [0.15, 0.2) is 24.3 Å². The van der Waals surface area contributed by atoms with Crippen LogP contribution < -0.4 is 15.0 Å². The van der Waals surface area contributed by atoms with Crippen molar-refractivity contribution in [3.05, 3.63) is 24.3 Å². The quantitative estimate of drug-likeness (QED) is 0.885. The van der Waals surface area contributed by atoms with Crippen molar-refractivity contribution in [1.82, 2.24) is 15.1 Å². The highest BCUT2D eigenvalue weighted by molar-refractivity contribution is 5.96. The monoisotopic (exact) mass is 360 g/mol. The third kappa shape index (κ3) is 4.09. The zero-order valence-corrected chi connectivity index (χ0v) is 15.8. The summed E-state index contributed by atoms with van der Waals surface area (Å²) in [5.74, 6) is 0.785. The summed E-state index contributed by atoms with van der Waals surface area (Å²) >= 11 is 0. The van der Waals surface area contributed by atoms with Crippen molar-refractivity contribution in [3.63, 3.8) is 0 Å². The van der Waals surface area contributed by atoms with Crippen LogP contribution in [0.2, 0.25) is 0 Å². The fourth-order valence-electron chi connectivity index (χ4n) is 3.64. The van der Waals surface area contributed by atoms with E-state index in [9.17, 15) is 9.59 Å². The molecule has 3 rings (SSSR count). The normalized spacial score (nSPS) is 21.7. The van der Waals surface area contributed by atoms with Crippen LogP contribution in [0, 0.1) is 0 Å². The number of rotatable bonds is 4. The van der Waals surface area contributed by atoms with Gasteiger partial charge < -0.3 is 24.8 Å². The molecule has 0 spiro atoms. The van der Waals surface area contributed by atoms with Gasteiger partial charge in [0.15, 0.2) is 0 Å². The Kier molecular flexibility index (Phi) is 5.66. The Labute approximate surface area is 154 Å². The zero-order valence-electron chi connectivity index (χ0n) is 15.8. The molecule has 2 aliphatic heterocycles. The van der Waals surface area contributed by atoms with E-state index in [2.05, 4.69) is 17.3 Å². The number of urea groups is 1. The first-order valence-electron chi connectivity index (χ1n) is 9.14. The van der Waals surface area contributed by atoms with Gasteiger partial charge in [-0.2, -0.15) is 0 Å². The van der Waals surface area contributed by atoms with Crippen molar-refractivity contribution >= 4 is 17.6 Å². The minimum absolute atomic E-state index is 0.0300. The topological polar surface area (TPSA) is 65.1 Å². The molecule has 1 atom stereocenters. The number of ether oxygens (including phenoxy) is 1. The number of benzene rings is 1. The standard InChI is InChI=1S/C19H28N4O3/c1-21-10-8-15(9-11-21)22(2)19(25)20-14-12-18(24)23(13-14)16-4-6-17(26-3)7-5-16/h4-7,14-15H,8-13H2,1-3H3,(H,20,25)/t14-/m0/s1. The summed E-state index contributed by atoms with van der Waals surface area (Å²) in [6.07, 6.45) is 2.31. The number of hydrogen-bond acceptors (Lipinski definition) is 4. The van der Waals surface area contributed by atoms with Gasteiger partial charge in [0.05, 0.1) is 13.2 Å². The van der Waals surface area contributed by atoms with Gasteiger partial charge in [-0.3, -0.25) is 4.79 Å². The van der Waals surface area contributed by atoms with Crippen LogP contribution in [0.25, 0.3) is 0 Å². The van der Waals surface area contributed by atoms with Gasteiger partial charge in [-0.05, 0) is 57.2 Å². The number of methoxy groups -OCH3 is 1. The van der Waals surface area contributed by atoms with E-state index in [1.165, 1.54) is 0 Å². The van der Waals surface area contributed by atoms with Crippen LogP contribution in [0.1, 0.15) is 19.3 Å². The van der Waals surface area contributed by atoms with E-state index in [1.54, 1.807) is 16.9 Å². The molecule has 0 bridgehead atoms. The van der Waals surface area contributed by atoms with Gasteiger partial charge in [-0.15, -0.1) is 0 Å². The highest BCUT2D eigenvalue weighted by atomic mass is 16.5. The number of likely N-dealkylation sites (tertiary alicyclic amines) is 1. The Balaban J connectivity index is 1.55. The Morgan fingerprint density at radius 1 is 1.23 bits per heavy atom. The first-order valence-corrected chi connectivity index (χ1v) is 9.14. The fraction of sp³-hybridized carbons (Fsp3) is 0.579. The summed E-state index contributed by atoms with van der Waals surface area (Å²) in [6.45, 7) is 2.52. The number of carbonyl (C=O) groups is 2. The molecule has 7 heteroatoms. The van der Waals surface area contributed by atoms with Crippen molar-refractivity contribution in [2.75, 3.05) is 45.7 Å². The van der Waals surface area contributed by atoms with E-state index >= 15 is 0 Å². The van der Waals surface area contributed by atoms with E-state index < -0.39 is 0 Å². The molecule has 2 saturated heterocycles. The van der Waals surface area contributed by atoms with Crippen molar-refractivity contribution in [3.8, 4) is 5.75 Å². The first-order chi connectivity index (χ1) is 12.5. The molecule has 0 aromatic heterocycles. The van der Waals surface area contributed by atoms with Crippen molar-refractivity contribution in [2.45, 2.75) is 31.3 Å². The molecule has 0 aliphatic carbocycles. The SMILES string of the molecule is COc1ccc(N2C[C@@H](NC(=O)N(C)C3CCN(C)CC3)CC2=O)cc1. The molecule has 0 unspecified atom stereocenters. The molecule has 2 heterocycles. The Hall–Kier alpha value is -2.28. The Morgan fingerprint density at radius 3 is 2.50 bits per heavy atom. The minimum atomic E-state index is -0.161. The van der Waals surface area contributed by atoms with E-state index in [0.717, 1.165) is 37.4 Å². The van der Waals surface area contributed by atoms with Gasteiger partial charge in [-0.25, -0.2) is 4.79 Å². The molecular weight excluding hydrogens is 332 g/mol. The highest BCUT2D eigenvalue weighted by Gasteiger charge is 2.33. The predicted octanol–water partition coefficient (Wildman–Crippen LogP) is 1.54. The summed E-state index contributed by atoms with van der Waals surface area (Å²) in [4.78, 5) is 30.7. The molecule has 0 saturated carbocycles. The lowest BCUT2D eigenvalue weighted by Crippen LogP contribution is -2.50. The molecular formula is C19H28N4O3. The lowest BCUT2D eigenvalue weighted by atomic mass is 10.0. The van der Waals surface area contributed by atoms with E-state index in [4.69, 9.17) is 4.74 Å². The molecule has 7 nitrogen and oxygen atoms in total. The molecule has 0 radical (unpaired) electrons. The Morgan fingerprint density at radius 2 is 1.88 bits per heavy atom. The first kappa shape index (κ1) is 18.5. The maximum absolute atomic E-state index is 12.6. The maximum Gasteiger partial charge on any atom is 0.317 e. The number of amides is 3. The van der Waals surface area contributed by atoms with Gasteiger partial charge in [0.1, 0.15) is 5.75 Å². The lowest BCUT2D eigenvalue weighted by Gasteiger charge is -2.35. The zero-order chi connectivity index (χ0) is 18.7. The number of hydrogen-bond donors (Lipinski definition) is 1. The number of nitrogens with zero attached hydrogens (tertiary/aromatic N) is 3. The second kappa shape index (κ2) is 7.95. The van der Waals surface area contributed by atoms with Crippen molar-refractivity contribution in [2.24, 2.45) is 0 Å². The van der Waals surface area contributed by atoms with Crippen LogP contribution in [-0.4, -0.2) is 74.7 Å². The van der Waals surface area contributed by atoms with Gasteiger partial charge in [-0.1, -0.05) is 0 Å². The van der Waals surface area contributed by atoms with Gasteiger partial charge in [0.2, 0.25) is 5.91 Å². The van der Waals surface area contributed by atoms with E-state index in [0.29, 0.717) is 13.0 Å². The molecule has 142 valence electrons. The molecule has 2 fully saturated rings. The second-order valence-electron chi connectivity index (χ2n) is 7.20. The molecule has 3 amide bonds. The summed E-state index contributed by atoms with van der Waals surface area (Å²) < 4.78 is 5.15. The van der Waals surface area contributed by atoms with Gasteiger partial charge in [0, 0.05) is 31.7 Å². The molecule has 1 aromatic carbocycles. The van der Waals surface area contributed by atoms with E-state index in [-0.39, 0.29) is 24.0 Å². The molecule has 2 aliphatic rings. The number of anilines is 1. The average Bonchev–Trinajstić information content (AvgIpc) is 3.02. The maximum atomic E-state index is 12.6. The number of nitrogens with one attached hydrogen (secondary N) is 1. The van der Waals surface area contributed by atoms with Crippen molar-refractivity contribution in [1.29, 1.82) is 0 Å². The largest absolute Gasteiger partial charge is 0.497 e. The molecule has 1 N–H and O–H groups in total. The van der Waals surface area contributed by atoms with Gasteiger partial charge >= 0.3 is 6.03 Å². The van der Waals surface area contributed by atoms with Crippen molar-refractivity contribution < 1.29 is 14.3 Å². The van der Waals surface area contributed by atoms with Crippen LogP contribution in [0.3, 0.4) is 0 Å². The lowest BCUT2D eigenvalue weighted by molar-refractivity contribution is -0.117. The number of piperidine rings is 1. The summed E-state index contributed by atoms with van der Waals surface area (Å²) in [7, 11) is 5.57. The number of carbonyl (C=O) groups excluding carboxylic acids is 2. The smallest absolute Gasteiger partial charge is 0.317 e. The van der Waals surface area contributed by atoms with Gasteiger partial charge in [0.25, 0.3) is 0 Å². The van der Waals surface area contributed by atoms with E-state index in [1.807, 2.05) is 31.3 Å². The van der Waals surface area contributed by atoms with Crippen LogP contribution in [0.5, 0.6) is 5.75 Å². The molecule has 1 aromatic rings. The van der Waals surface area contributed by atoms with Crippen LogP contribution in [-0.2, 0) is 4.79 Å². The predicted molar refractivity (Wildman–Crippen MR) is 101 cm³/mol. The van der Waals surface area contributed by atoms with Crippen LogP contribution in [0.4, 0.5) is 10.5 Å². The average molecular weight is 360 g/mol. The molecule has 26 heavy (non-hydrogen) atoms. The summed E-state index contributed by atoms with van der Waals surface area (Å²) in [5.41, 5.74) is 0.830. The minimum Gasteiger partial charge on any atom is -0.497 e. The van der Waals surface area contributed by atoms with Crippen LogP contribution >= 0.6 is 0 Å². The fourth-order valence-corrected chi connectivity index (χ4v) is 3.64. The second-order valence-corrected chi connectivity index (χ2v) is 7.20. The summed E-state index contributed by atoms with van der Waals surface area (Å²) in [5, 5.41) is 3.03. The third-order valence-electron chi connectivity index (χ3n) is 5.39.